The number of hydrogen-bond acceptors (Lipinski definition) is 3. The summed E-state index contributed by atoms with van der Waals surface area (Å²) in [6.45, 7) is 0. The monoisotopic (exact) mass is 357 g/mol. The molecule has 4 nitrogen and oxygen atoms in total. The van der Waals surface area contributed by atoms with Gasteiger partial charge in [0, 0.05) is 18.3 Å². The molecule has 1 aromatic heterocycles. The molecule has 1 aromatic carbocycles. The second kappa shape index (κ2) is 6.19. The molecule has 20 heavy (non-hydrogen) atoms. The van der Waals surface area contributed by atoms with Gasteiger partial charge in [-0.15, -0.1) is 0 Å². The maximum atomic E-state index is 13.4. The first-order valence-electron chi connectivity index (χ1n) is 5.61. The van der Waals surface area contributed by atoms with Crippen molar-refractivity contribution in [2.24, 2.45) is 0 Å². The minimum atomic E-state index is -0.452. The van der Waals surface area contributed by atoms with E-state index in [9.17, 15) is 9.18 Å². The Labute approximate surface area is 128 Å². The lowest BCUT2D eigenvalue weighted by Gasteiger charge is -2.08. The number of carbonyl (C=O) groups is 1. The predicted molar refractivity (Wildman–Crippen MR) is 80.8 cm³/mol. The Kier molecular flexibility index (Phi) is 4.57. The number of anilines is 2. The molecular formula is C13H10BrClFN3O. The van der Waals surface area contributed by atoms with Crippen molar-refractivity contribution in [1.82, 2.24) is 4.98 Å². The van der Waals surface area contributed by atoms with Crippen LogP contribution in [0.4, 0.5) is 15.9 Å². The van der Waals surface area contributed by atoms with Crippen LogP contribution in [0.1, 0.15) is 10.4 Å². The average molecular weight is 359 g/mol. The second-order valence-corrected chi connectivity index (χ2v) is 5.14. The molecule has 0 fully saturated rings. The van der Waals surface area contributed by atoms with E-state index in [2.05, 4.69) is 31.5 Å². The smallest absolute Gasteiger partial charge is 0.255 e. The van der Waals surface area contributed by atoms with Crippen molar-refractivity contribution in [2.45, 2.75) is 0 Å². The highest BCUT2D eigenvalue weighted by molar-refractivity contribution is 9.10. The molecule has 0 saturated carbocycles. The highest BCUT2D eigenvalue weighted by atomic mass is 79.9. The lowest BCUT2D eigenvalue weighted by molar-refractivity contribution is 0.102. The van der Waals surface area contributed by atoms with Crippen LogP contribution in [-0.4, -0.2) is 17.9 Å². The van der Waals surface area contributed by atoms with E-state index in [0.717, 1.165) is 0 Å². The quantitative estimate of drug-likeness (QED) is 0.817. The van der Waals surface area contributed by atoms with Crippen LogP contribution in [-0.2, 0) is 0 Å². The number of aromatic nitrogens is 1. The van der Waals surface area contributed by atoms with Crippen molar-refractivity contribution in [3.63, 3.8) is 0 Å². The highest BCUT2D eigenvalue weighted by Gasteiger charge is 2.10. The Morgan fingerprint density at radius 2 is 2.10 bits per heavy atom. The van der Waals surface area contributed by atoms with Crippen LogP contribution in [0.3, 0.4) is 0 Å². The van der Waals surface area contributed by atoms with Gasteiger partial charge in [-0.3, -0.25) is 4.79 Å². The van der Waals surface area contributed by atoms with E-state index in [-0.39, 0.29) is 5.15 Å². The lowest BCUT2D eigenvalue weighted by Crippen LogP contribution is -2.13. The molecule has 0 radical (unpaired) electrons. The summed E-state index contributed by atoms with van der Waals surface area (Å²) < 4.78 is 13.7. The molecule has 0 unspecified atom stereocenters. The summed E-state index contributed by atoms with van der Waals surface area (Å²) in [5, 5.41) is 5.59. The third-order valence-electron chi connectivity index (χ3n) is 2.49. The van der Waals surface area contributed by atoms with E-state index < -0.39 is 11.7 Å². The van der Waals surface area contributed by atoms with Crippen LogP contribution in [0.2, 0.25) is 5.15 Å². The first kappa shape index (κ1) is 14.7. The van der Waals surface area contributed by atoms with Crippen LogP contribution in [0.15, 0.2) is 34.8 Å². The van der Waals surface area contributed by atoms with E-state index in [0.29, 0.717) is 21.5 Å². The van der Waals surface area contributed by atoms with Gasteiger partial charge in [-0.1, -0.05) is 11.6 Å². The summed E-state index contributed by atoms with van der Waals surface area (Å²) in [5.74, 6) is -0.372. The SMILES string of the molecule is CNc1cc(C(=O)Nc2ccc(Br)c(F)c2)cc(Cl)n1. The van der Waals surface area contributed by atoms with Gasteiger partial charge >= 0.3 is 0 Å². The van der Waals surface area contributed by atoms with Gasteiger partial charge in [0.05, 0.1) is 4.47 Å². The minimum absolute atomic E-state index is 0.198. The van der Waals surface area contributed by atoms with E-state index in [1.54, 1.807) is 19.2 Å². The molecule has 0 atom stereocenters. The van der Waals surface area contributed by atoms with Crippen LogP contribution in [0.5, 0.6) is 0 Å². The van der Waals surface area contributed by atoms with E-state index in [1.807, 2.05) is 0 Å². The van der Waals surface area contributed by atoms with Gasteiger partial charge in [0.2, 0.25) is 0 Å². The molecule has 0 aliphatic heterocycles. The largest absolute Gasteiger partial charge is 0.373 e. The summed E-state index contributed by atoms with van der Waals surface area (Å²) in [6.07, 6.45) is 0. The zero-order valence-electron chi connectivity index (χ0n) is 10.4. The van der Waals surface area contributed by atoms with Gasteiger partial charge < -0.3 is 10.6 Å². The second-order valence-electron chi connectivity index (χ2n) is 3.90. The zero-order valence-corrected chi connectivity index (χ0v) is 12.7. The molecule has 2 rings (SSSR count). The Morgan fingerprint density at radius 1 is 1.35 bits per heavy atom. The van der Waals surface area contributed by atoms with Crippen molar-refractivity contribution in [3.8, 4) is 0 Å². The molecule has 0 aliphatic rings. The first-order chi connectivity index (χ1) is 9.49. The van der Waals surface area contributed by atoms with Crippen molar-refractivity contribution in [3.05, 3.63) is 51.3 Å². The van der Waals surface area contributed by atoms with Crippen LogP contribution >= 0.6 is 27.5 Å². The van der Waals surface area contributed by atoms with Gasteiger partial charge in [-0.25, -0.2) is 9.37 Å². The third kappa shape index (κ3) is 3.46. The summed E-state index contributed by atoms with van der Waals surface area (Å²) in [4.78, 5) is 16.0. The third-order valence-corrected chi connectivity index (χ3v) is 3.33. The molecule has 0 bridgehead atoms. The molecule has 2 N–H and O–H groups in total. The van der Waals surface area contributed by atoms with E-state index in [1.165, 1.54) is 18.2 Å². The van der Waals surface area contributed by atoms with Crippen molar-refractivity contribution in [1.29, 1.82) is 0 Å². The Balaban J connectivity index is 2.23. The number of nitrogens with one attached hydrogen (secondary N) is 2. The Morgan fingerprint density at radius 3 is 2.75 bits per heavy atom. The molecule has 0 spiro atoms. The maximum absolute atomic E-state index is 13.4. The number of pyridine rings is 1. The minimum Gasteiger partial charge on any atom is -0.373 e. The maximum Gasteiger partial charge on any atom is 0.255 e. The zero-order chi connectivity index (χ0) is 14.7. The van der Waals surface area contributed by atoms with Crippen LogP contribution in [0.25, 0.3) is 0 Å². The molecule has 104 valence electrons. The molecule has 1 heterocycles. The fourth-order valence-electron chi connectivity index (χ4n) is 1.53. The van der Waals surface area contributed by atoms with Gasteiger partial charge in [0.1, 0.15) is 16.8 Å². The van der Waals surface area contributed by atoms with E-state index >= 15 is 0 Å². The molecule has 2 aromatic rings. The molecule has 0 aliphatic carbocycles. The van der Waals surface area contributed by atoms with Crippen LogP contribution < -0.4 is 10.6 Å². The topological polar surface area (TPSA) is 54.0 Å². The summed E-state index contributed by atoms with van der Waals surface area (Å²) in [6, 6.07) is 7.32. The molecular weight excluding hydrogens is 349 g/mol. The van der Waals surface area contributed by atoms with Crippen molar-refractivity contribution >= 4 is 44.9 Å². The van der Waals surface area contributed by atoms with Crippen molar-refractivity contribution < 1.29 is 9.18 Å². The number of rotatable bonds is 3. The Bertz CT molecular complexity index is 666. The number of benzene rings is 1. The molecule has 1 amide bonds. The Hall–Kier alpha value is -1.66. The normalized spacial score (nSPS) is 10.2. The number of amides is 1. The van der Waals surface area contributed by atoms with Crippen molar-refractivity contribution in [2.75, 3.05) is 17.7 Å². The summed E-state index contributed by atoms with van der Waals surface area (Å²) in [7, 11) is 1.67. The number of halogens is 3. The first-order valence-corrected chi connectivity index (χ1v) is 6.78. The number of carbonyl (C=O) groups excluding carboxylic acids is 1. The standard InChI is InChI=1S/C13H10BrClFN3O/c1-17-12-5-7(4-11(15)19-12)13(20)18-8-2-3-9(14)10(16)6-8/h2-6H,1H3,(H,17,19)(H,18,20). The van der Waals surface area contributed by atoms with Gasteiger partial charge in [0.25, 0.3) is 5.91 Å². The van der Waals surface area contributed by atoms with Gasteiger partial charge in [-0.05, 0) is 46.3 Å². The van der Waals surface area contributed by atoms with Gasteiger partial charge in [0.15, 0.2) is 0 Å². The average Bonchev–Trinajstić information content (AvgIpc) is 2.42. The fourth-order valence-corrected chi connectivity index (χ4v) is 1.99. The molecule has 7 heteroatoms. The number of hydrogen-bond donors (Lipinski definition) is 2. The predicted octanol–water partition coefficient (Wildman–Crippen LogP) is 3.93. The lowest BCUT2D eigenvalue weighted by atomic mass is 10.2. The highest BCUT2D eigenvalue weighted by Crippen LogP contribution is 2.20. The van der Waals surface area contributed by atoms with E-state index in [4.69, 9.17) is 11.6 Å². The van der Waals surface area contributed by atoms with Crippen LogP contribution in [0, 0.1) is 5.82 Å². The molecule has 0 saturated heterocycles. The fraction of sp³-hybridized carbons (Fsp3) is 0.0769. The number of nitrogens with zero attached hydrogens (tertiary/aromatic N) is 1. The summed E-state index contributed by atoms with van der Waals surface area (Å²) >= 11 is 8.87. The van der Waals surface area contributed by atoms with Gasteiger partial charge in [-0.2, -0.15) is 0 Å². The summed E-state index contributed by atoms with van der Waals surface area (Å²) in [5.41, 5.74) is 0.687.